The molecule has 2 fully saturated rings. The van der Waals surface area contributed by atoms with Crippen LogP contribution in [0.1, 0.15) is 36.2 Å². The van der Waals surface area contributed by atoms with Crippen LogP contribution in [0.15, 0.2) is 47.0 Å². The van der Waals surface area contributed by atoms with Gasteiger partial charge in [0.25, 0.3) is 5.91 Å². The molecule has 0 radical (unpaired) electrons. The Bertz CT molecular complexity index is 1250. The number of hydrogen-bond donors (Lipinski definition) is 2. The molecule has 10 heteroatoms. The van der Waals surface area contributed by atoms with Gasteiger partial charge in [-0.15, -0.1) is 0 Å². The molecule has 1 aliphatic heterocycles. The number of aromatic nitrogens is 1. The summed E-state index contributed by atoms with van der Waals surface area (Å²) in [7, 11) is 0. The lowest BCUT2D eigenvalue weighted by atomic mass is 9.84. The zero-order valence-corrected chi connectivity index (χ0v) is 19.7. The number of carbonyl (C=O) groups is 3. The molecule has 1 saturated carbocycles. The number of anilines is 2. The van der Waals surface area contributed by atoms with Crippen molar-refractivity contribution in [2.75, 3.05) is 30.4 Å². The molecule has 2 aliphatic rings. The van der Waals surface area contributed by atoms with Crippen molar-refractivity contribution in [3.05, 3.63) is 53.4 Å². The molecule has 0 spiro atoms. The number of benzene rings is 1. The number of carbonyl (C=O) groups excluding carboxylic acids is 3. The molecule has 1 aliphatic carbocycles. The summed E-state index contributed by atoms with van der Waals surface area (Å²) in [4.78, 5) is 44.6. The van der Waals surface area contributed by atoms with Crippen molar-refractivity contribution in [1.29, 1.82) is 0 Å². The first-order valence-corrected chi connectivity index (χ1v) is 12.0. The summed E-state index contributed by atoms with van der Waals surface area (Å²) >= 11 is 5.92. The van der Waals surface area contributed by atoms with E-state index in [2.05, 4.69) is 15.6 Å². The lowest BCUT2D eigenvalue weighted by molar-refractivity contribution is -0.146. The number of furan rings is 1. The minimum atomic E-state index is -0.504. The van der Waals surface area contributed by atoms with E-state index in [0.717, 1.165) is 12.8 Å². The Hall–Kier alpha value is -3.43. The third-order valence-corrected chi connectivity index (χ3v) is 6.79. The number of fused-ring (bicyclic) bond motifs is 1. The zero-order valence-electron chi connectivity index (χ0n) is 19.0. The molecule has 0 bridgehead atoms. The third-order valence-electron chi connectivity index (χ3n) is 6.53. The van der Waals surface area contributed by atoms with Crippen LogP contribution in [0.25, 0.3) is 11.1 Å². The van der Waals surface area contributed by atoms with Crippen LogP contribution in [0.2, 0.25) is 5.02 Å². The van der Waals surface area contributed by atoms with E-state index in [-0.39, 0.29) is 41.8 Å². The fourth-order valence-corrected chi connectivity index (χ4v) is 4.84. The number of halogens is 1. The van der Waals surface area contributed by atoms with E-state index in [1.807, 2.05) is 4.90 Å². The van der Waals surface area contributed by atoms with Crippen LogP contribution in [0.3, 0.4) is 0 Å². The molecule has 182 valence electrons. The molecule has 3 heterocycles. The molecule has 35 heavy (non-hydrogen) atoms. The summed E-state index contributed by atoms with van der Waals surface area (Å²) in [6.45, 7) is 1.27. The first-order chi connectivity index (χ1) is 17.0. The maximum Gasteiger partial charge on any atom is 0.293 e. The van der Waals surface area contributed by atoms with Crippen LogP contribution in [-0.2, 0) is 14.3 Å². The van der Waals surface area contributed by atoms with E-state index in [0.29, 0.717) is 47.8 Å². The topological polar surface area (TPSA) is 114 Å². The van der Waals surface area contributed by atoms with Gasteiger partial charge in [-0.2, -0.15) is 0 Å². The van der Waals surface area contributed by atoms with Crippen molar-refractivity contribution in [3.63, 3.8) is 0 Å². The van der Waals surface area contributed by atoms with Gasteiger partial charge in [0.1, 0.15) is 17.8 Å². The number of morpholine rings is 1. The molecular weight excluding hydrogens is 472 g/mol. The van der Waals surface area contributed by atoms with Gasteiger partial charge in [0.15, 0.2) is 5.58 Å². The second kappa shape index (κ2) is 10.1. The van der Waals surface area contributed by atoms with Crippen LogP contribution < -0.4 is 10.6 Å². The quantitative estimate of drug-likeness (QED) is 0.550. The number of nitrogens with one attached hydrogen (secondary N) is 2. The first-order valence-electron chi connectivity index (χ1n) is 11.6. The van der Waals surface area contributed by atoms with Crippen molar-refractivity contribution in [3.8, 4) is 0 Å². The van der Waals surface area contributed by atoms with Crippen LogP contribution in [0.5, 0.6) is 0 Å². The summed E-state index contributed by atoms with van der Waals surface area (Å²) in [6, 6.07) is 10.2. The Morgan fingerprint density at radius 1 is 1.06 bits per heavy atom. The molecule has 5 rings (SSSR count). The monoisotopic (exact) mass is 496 g/mol. The number of amides is 3. The minimum absolute atomic E-state index is 0.0106. The summed E-state index contributed by atoms with van der Waals surface area (Å²) in [5.41, 5.74) is 1.61. The summed E-state index contributed by atoms with van der Waals surface area (Å²) in [5.74, 6) is -0.935. The van der Waals surface area contributed by atoms with Crippen molar-refractivity contribution in [1.82, 2.24) is 9.88 Å². The van der Waals surface area contributed by atoms with Crippen molar-refractivity contribution in [2.45, 2.75) is 31.7 Å². The van der Waals surface area contributed by atoms with E-state index in [4.69, 9.17) is 20.8 Å². The minimum Gasteiger partial charge on any atom is -0.447 e. The van der Waals surface area contributed by atoms with Crippen molar-refractivity contribution in [2.24, 2.45) is 5.92 Å². The van der Waals surface area contributed by atoms with Gasteiger partial charge in [0.2, 0.25) is 17.6 Å². The lowest BCUT2D eigenvalue weighted by Crippen LogP contribution is -2.49. The molecular formula is C25H25ClN4O5. The fraction of sp³-hybridized carbons (Fsp3) is 0.360. The Morgan fingerprint density at radius 3 is 2.57 bits per heavy atom. The Kier molecular flexibility index (Phi) is 6.70. The van der Waals surface area contributed by atoms with E-state index < -0.39 is 5.91 Å². The van der Waals surface area contributed by atoms with Gasteiger partial charge in [-0.25, -0.2) is 0 Å². The number of hydrogen-bond acceptors (Lipinski definition) is 6. The summed E-state index contributed by atoms with van der Waals surface area (Å²) in [6.07, 6.45) is 4.38. The molecule has 3 aromatic rings. The molecule has 3 amide bonds. The SMILES string of the molecule is O=C(Nc1ccc(Cl)cc1)c1oc2cccnc2c1NC(=O)C1CCC(N2CCOCC2=O)CC1. The Labute approximate surface area is 206 Å². The van der Waals surface area contributed by atoms with Crippen LogP contribution in [-0.4, -0.2) is 53.4 Å². The van der Waals surface area contributed by atoms with E-state index in [1.165, 1.54) is 0 Å². The molecule has 2 aromatic heterocycles. The highest BCUT2D eigenvalue weighted by atomic mass is 35.5. The van der Waals surface area contributed by atoms with Crippen LogP contribution in [0, 0.1) is 5.92 Å². The first kappa shape index (κ1) is 23.3. The highest BCUT2D eigenvalue weighted by Crippen LogP contribution is 2.33. The standard InChI is InChI=1S/C25H25ClN4O5/c26-16-5-7-17(8-6-16)28-25(33)23-22(21-19(35-23)2-1-11-27-21)29-24(32)15-3-9-18(10-4-15)30-12-13-34-14-20(30)31/h1-2,5-8,11,15,18H,3-4,9-10,12-14H2,(H,28,33)(H,29,32). The number of rotatable bonds is 5. The molecule has 2 N–H and O–H groups in total. The molecule has 0 unspecified atom stereocenters. The zero-order chi connectivity index (χ0) is 24.4. The van der Waals surface area contributed by atoms with Crippen molar-refractivity contribution >= 4 is 51.8 Å². The number of ether oxygens (including phenoxy) is 1. The van der Waals surface area contributed by atoms with Gasteiger partial charge in [0, 0.05) is 35.4 Å². The molecule has 9 nitrogen and oxygen atoms in total. The lowest BCUT2D eigenvalue weighted by Gasteiger charge is -2.38. The molecule has 0 atom stereocenters. The van der Waals surface area contributed by atoms with Gasteiger partial charge in [-0.05, 0) is 62.1 Å². The number of nitrogens with zero attached hydrogens (tertiary/aromatic N) is 2. The Balaban J connectivity index is 1.30. The largest absolute Gasteiger partial charge is 0.447 e. The average molecular weight is 497 g/mol. The Morgan fingerprint density at radius 2 is 1.83 bits per heavy atom. The smallest absolute Gasteiger partial charge is 0.293 e. The average Bonchev–Trinajstić information content (AvgIpc) is 3.24. The fourth-order valence-electron chi connectivity index (χ4n) is 4.72. The van der Waals surface area contributed by atoms with Gasteiger partial charge in [-0.1, -0.05) is 11.6 Å². The maximum atomic E-state index is 13.2. The highest BCUT2D eigenvalue weighted by molar-refractivity contribution is 6.30. The second-order valence-corrected chi connectivity index (χ2v) is 9.19. The van der Waals surface area contributed by atoms with Crippen LogP contribution >= 0.6 is 11.6 Å². The predicted molar refractivity (Wildman–Crippen MR) is 130 cm³/mol. The van der Waals surface area contributed by atoms with E-state index in [1.54, 1.807) is 42.6 Å². The third kappa shape index (κ3) is 5.01. The normalized spacial score (nSPS) is 20.6. The summed E-state index contributed by atoms with van der Waals surface area (Å²) in [5, 5.41) is 6.22. The van der Waals surface area contributed by atoms with Gasteiger partial charge in [-0.3, -0.25) is 19.4 Å². The highest BCUT2D eigenvalue weighted by Gasteiger charge is 2.34. The summed E-state index contributed by atoms with van der Waals surface area (Å²) < 4.78 is 11.0. The maximum absolute atomic E-state index is 13.2. The van der Waals surface area contributed by atoms with Gasteiger partial charge in [0.05, 0.1) is 6.61 Å². The van der Waals surface area contributed by atoms with E-state index >= 15 is 0 Å². The molecule has 1 aromatic carbocycles. The van der Waals surface area contributed by atoms with Gasteiger partial charge >= 0.3 is 0 Å². The van der Waals surface area contributed by atoms with Crippen molar-refractivity contribution < 1.29 is 23.5 Å². The number of pyridine rings is 1. The molecule has 1 saturated heterocycles. The predicted octanol–water partition coefficient (Wildman–Crippen LogP) is 4.09. The van der Waals surface area contributed by atoms with Gasteiger partial charge < -0.3 is 24.7 Å². The van der Waals surface area contributed by atoms with E-state index in [9.17, 15) is 14.4 Å². The second-order valence-electron chi connectivity index (χ2n) is 8.75. The van der Waals surface area contributed by atoms with Crippen LogP contribution in [0.4, 0.5) is 11.4 Å².